The molecular weight excluding hydrogens is 382 g/mol. The number of alkyl halides is 3. The fourth-order valence-corrected chi connectivity index (χ4v) is 2.00. The molecule has 0 aliphatic carbocycles. The van der Waals surface area contributed by atoms with Gasteiger partial charge in [0.05, 0.1) is 11.3 Å². The van der Waals surface area contributed by atoms with Gasteiger partial charge in [-0.3, -0.25) is 4.79 Å². The molecule has 0 heterocycles. The van der Waals surface area contributed by atoms with E-state index in [9.17, 15) is 22.4 Å². The van der Waals surface area contributed by atoms with Crippen molar-refractivity contribution >= 4 is 27.5 Å². The van der Waals surface area contributed by atoms with Gasteiger partial charge in [0.2, 0.25) is 0 Å². The van der Waals surface area contributed by atoms with E-state index in [1.807, 2.05) is 0 Å². The molecule has 0 spiro atoms. The molecule has 0 aliphatic heterocycles. The number of anilines is 1. The van der Waals surface area contributed by atoms with Crippen molar-refractivity contribution in [3.05, 3.63) is 58.3 Å². The average molecular weight is 392 g/mol. The molecule has 1 N–H and O–H groups in total. The van der Waals surface area contributed by atoms with Crippen LogP contribution in [0.4, 0.5) is 23.2 Å². The second kappa shape index (κ2) is 6.99. The Morgan fingerprint density at radius 2 is 1.78 bits per heavy atom. The molecule has 0 aromatic heterocycles. The van der Waals surface area contributed by atoms with Gasteiger partial charge in [0.25, 0.3) is 5.91 Å². The molecule has 0 fully saturated rings. The van der Waals surface area contributed by atoms with Crippen molar-refractivity contribution in [3.8, 4) is 5.75 Å². The predicted molar refractivity (Wildman–Crippen MR) is 79.7 cm³/mol. The monoisotopic (exact) mass is 391 g/mol. The number of carbonyl (C=O) groups is 1. The first-order valence-corrected chi connectivity index (χ1v) is 7.10. The highest BCUT2D eigenvalue weighted by atomic mass is 79.9. The number of benzene rings is 2. The van der Waals surface area contributed by atoms with Crippen molar-refractivity contribution in [2.24, 2.45) is 0 Å². The van der Waals surface area contributed by atoms with Gasteiger partial charge in [-0.05, 0) is 42.5 Å². The molecule has 0 saturated heterocycles. The third kappa shape index (κ3) is 4.95. The van der Waals surface area contributed by atoms with Crippen molar-refractivity contribution in [2.75, 3.05) is 11.9 Å². The second-order valence-electron chi connectivity index (χ2n) is 4.48. The first kappa shape index (κ1) is 17.3. The molecule has 2 aromatic carbocycles. The van der Waals surface area contributed by atoms with Gasteiger partial charge in [-0.25, -0.2) is 4.39 Å². The zero-order valence-electron chi connectivity index (χ0n) is 11.5. The summed E-state index contributed by atoms with van der Waals surface area (Å²) in [4.78, 5) is 11.7. The number of carbonyl (C=O) groups excluding carboxylic acids is 1. The van der Waals surface area contributed by atoms with Crippen LogP contribution in [0.15, 0.2) is 46.9 Å². The van der Waals surface area contributed by atoms with Gasteiger partial charge in [0, 0.05) is 4.47 Å². The lowest BCUT2D eigenvalue weighted by Crippen LogP contribution is -2.20. The summed E-state index contributed by atoms with van der Waals surface area (Å²) in [5.41, 5.74) is -0.833. The summed E-state index contributed by atoms with van der Waals surface area (Å²) >= 11 is 3.09. The smallest absolute Gasteiger partial charge is 0.416 e. The van der Waals surface area contributed by atoms with Crippen LogP contribution in [-0.2, 0) is 11.0 Å². The summed E-state index contributed by atoms with van der Waals surface area (Å²) in [7, 11) is 0. The van der Waals surface area contributed by atoms with Crippen molar-refractivity contribution in [1.29, 1.82) is 0 Å². The van der Waals surface area contributed by atoms with Crippen LogP contribution >= 0.6 is 15.9 Å². The quantitative estimate of drug-likeness (QED) is 0.771. The summed E-state index contributed by atoms with van der Waals surface area (Å²) < 4.78 is 56.3. The molecule has 0 bridgehead atoms. The van der Waals surface area contributed by atoms with Gasteiger partial charge >= 0.3 is 6.18 Å². The minimum Gasteiger partial charge on any atom is -0.484 e. The topological polar surface area (TPSA) is 38.3 Å². The highest BCUT2D eigenvalue weighted by molar-refractivity contribution is 9.10. The number of hydrogen-bond acceptors (Lipinski definition) is 2. The van der Waals surface area contributed by atoms with Gasteiger partial charge in [0.15, 0.2) is 6.61 Å². The van der Waals surface area contributed by atoms with Crippen LogP contribution < -0.4 is 10.1 Å². The number of rotatable bonds is 4. The Kier molecular flexibility index (Phi) is 5.25. The summed E-state index contributed by atoms with van der Waals surface area (Å²) in [5, 5.41) is 2.30. The van der Waals surface area contributed by atoms with E-state index in [4.69, 9.17) is 4.74 Å². The Hall–Kier alpha value is -2.09. The molecule has 122 valence electrons. The Labute approximate surface area is 137 Å². The van der Waals surface area contributed by atoms with Crippen LogP contribution in [0, 0.1) is 5.82 Å². The number of nitrogens with one attached hydrogen (secondary N) is 1. The fourth-order valence-electron chi connectivity index (χ4n) is 1.67. The number of hydrogen-bond donors (Lipinski definition) is 1. The summed E-state index contributed by atoms with van der Waals surface area (Å²) in [6, 6.07) is 8.02. The lowest BCUT2D eigenvalue weighted by molar-refractivity contribution is -0.137. The summed E-state index contributed by atoms with van der Waals surface area (Å²) in [6.45, 7) is -0.457. The van der Waals surface area contributed by atoms with Gasteiger partial charge < -0.3 is 10.1 Å². The Balaban J connectivity index is 1.91. The lowest BCUT2D eigenvalue weighted by atomic mass is 10.2. The Bertz CT molecular complexity index is 702. The summed E-state index contributed by atoms with van der Waals surface area (Å²) in [5.74, 6) is -1.15. The number of ether oxygens (including phenoxy) is 1. The standard InChI is InChI=1S/C15H10BrF4NO2/c16-10-3-6-13(12(17)7-10)21-14(22)8-23-11-4-1-9(2-5-11)15(18,19)20/h1-7H,8H2,(H,21,22). The predicted octanol–water partition coefficient (Wildman–Crippen LogP) is 4.62. The first-order valence-electron chi connectivity index (χ1n) is 6.30. The first-order chi connectivity index (χ1) is 10.8. The van der Waals surface area contributed by atoms with Crippen LogP contribution in [0.2, 0.25) is 0 Å². The normalized spacial score (nSPS) is 11.2. The van der Waals surface area contributed by atoms with E-state index in [0.717, 1.165) is 24.3 Å². The van der Waals surface area contributed by atoms with E-state index >= 15 is 0 Å². The molecule has 1 amide bonds. The van der Waals surface area contributed by atoms with Crippen molar-refractivity contribution < 1.29 is 27.1 Å². The SMILES string of the molecule is O=C(COc1ccc(C(F)(F)F)cc1)Nc1ccc(Br)cc1F. The molecule has 0 atom stereocenters. The van der Waals surface area contributed by atoms with Crippen LogP contribution in [0.25, 0.3) is 0 Å². The minimum absolute atomic E-state index is 0.0192. The highest BCUT2D eigenvalue weighted by Gasteiger charge is 2.30. The van der Waals surface area contributed by atoms with E-state index < -0.39 is 30.1 Å². The molecule has 0 unspecified atom stereocenters. The molecule has 0 aliphatic rings. The molecular formula is C15H10BrF4NO2. The average Bonchev–Trinajstić information content (AvgIpc) is 2.47. The molecule has 8 heteroatoms. The number of halogens is 5. The molecule has 2 rings (SSSR count). The maximum Gasteiger partial charge on any atom is 0.416 e. The third-order valence-electron chi connectivity index (χ3n) is 2.76. The second-order valence-corrected chi connectivity index (χ2v) is 5.40. The maximum absolute atomic E-state index is 13.5. The van der Waals surface area contributed by atoms with Gasteiger partial charge in [0.1, 0.15) is 11.6 Å². The van der Waals surface area contributed by atoms with E-state index in [-0.39, 0.29) is 11.4 Å². The van der Waals surface area contributed by atoms with Crippen LogP contribution in [0.5, 0.6) is 5.75 Å². The van der Waals surface area contributed by atoms with Crippen molar-refractivity contribution in [2.45, 2.75) is 6.18 Å². The van der Waals surface area contributed by atoms with Crippen LogP contribution in [0.1, 0.15) is 5.56 Å². The molecule has 0 radical (unpaired) electrons. The van der Waals surface area contributed by atoms with Crippen LogP contribution in [-0.4, -0.2) is 12.5 Å². The van der Waals surface area contributed by atoms with Gasteiger partial charge in [-0.2, -0.15) is 13.2 Å². The highest BCUT2D eigenvalue weighted by Crippen LogP contribution is 2.30. The van der Waals surface area contributed by atoms with Gasteiger partial charge in [-0.15, -0.1) is 0 Å². The fraction of sp³-hybridized carbons (Fsp3) is 0.133. The number of amides is 1. The molecule has 23 heavy (non-hydrogen) atoms. The zero-order chi connectivity index (χ0) is 17.0. The van der Waals surface area contributed by atoms with Crippen molar-refractivity contribution in [3.63, 3.8) is 0 Å². The van der Waals surface area contributed by atoms with Gasteiger partial charge in [-0.1, -0.05) is 15.9 Å². The Morgan fingerprint density at radius 3 is 2.35 bits per heavy atom. The van der Waals surface area contributed by atoms with E-state index in [1.54, 1.807) is 6.07 Å². The van der Waals surface area contributed by atoms with E-state index in [0.29, 0.717) is 4.47 Å². The molecule has 3 nitrogen and oxygen atoms in total. The lowest BCUT2D eigenvalue weighted by Gasteiger charge is -2.10. The summed E-state index contributed by atoms with van der Waals surface area (Å²) in [6.07, 6.45) is -4.44. The minimum atomic E-state index is -4.44. The van der Waals surface area contributed by atoms with E-state index in [1.165, 1.54) is 12.1 Å². The molecule has 2 aromatic rings. The zero-order valence-corrected chi connectivity index (χ0v) is 13.0. The largest absolute Gasteiger partial charge is 0.484 e. The molecule has 0 saturated carbocycles. The van der Waals surface area contributed by atoms with Crippen molar-refractivity contribution in [1.82, 2.24) is 0 Å². The Morgan fingerprint density at radius 1 is 1.13 bits per heavy atom. The van der Waals surface area contributed by atoms with Crippen LogP contribution in [0.3, 0.4) is 0 Å². The maximum atomic E-state index is 13.5. The van der Waals surface area contributed by atoms with E-state index in [2.05, 4.69) is 21.2 Å². The third-order valence-corrected chi connectivity index (χ3v) is 3.25.